The Kier molecular flexibility index (Phi) is 27.5. The standard InChI is InChI=1S/C41H75N2O10P/c1-6-8-10-11-12-13-14-15-16-17-22-26-37(45)36(33-52-54(49,50)51-31-30-43(3,4)5)42-40(47)27-23-19-18-21-25-35-38(46)32-41(48)53-39(35)29-28-34(44)24-20-9-7-2/h14-15,18,21-22,26,28-29,34-39,41,44-46,48H,6-13,16-17,19-20,23-25,27,30-33H2,1-5H3,(H-,42,47,49,50)/b15-14-,21-18-,26-22+,29-28+/t34-,35-,36-,37+,38-,39+,41?/m0/s1. The summed E-state index contributed by atoms with van der Waals surface area (Å²) in [5, 5.41) is 44.6. The van der Waals surface area contributed by atoms with Crippen molar-refractivity contribution in [1.29, 1.82) is 0 Å². The maximum Gasteiger partial charge on any atom is 0.268 e. The first-order valence-electron chi connectivity index (χ1n) is 20.4. The molecular formula is C41H75N2O10P. The molecule has 0 aromatic rings. The molecular weight excluding hydrogens is 711 g/mol. The van der Waals surface area contributed by atoms with E-state index in [2.05, 4.69) is 31.3 Å². The van der Waals surface area contributed by atoms with Gasteiger partial charge in [-0.05, 0) is 51.4 Å². The van der Waals surface area contributed by atoms with E-state index in [9.17, 15) is 34.7 Å². The van der Waals surface area contributed by atoms with E-state index in [1.807, 2.05) is 39.4 Å². The lowest BCUT2D eigenvalue weighted by Gasteiger charge is -2.36. The molecule has 0 aromatic heterocycles. The van der Waals surface area contributed by atoms with E-state index in [0.29, 0.717) is 43.1 Å². The number of unbranched alkanes of at least 4 members (excludes halogenated alkanes) is 9. The van der Waals surface area contributed by atoms with Gasteiger partial charge in [0.25, 0.3) is 7.82 Å². The average molecular weight is 787 g/mol. The van der Waals surface area contributed by atoms with Crippen LogP contribution in [0.15, 0.2) is 48.6 Å². The summed E-state index contributed by atoms with van der Waals surface area (Å²) in [4.78, 5) is 25.4. The van der Waals surface area contributed by atoms with Crippen molar-refractivity contribution in [2.45, 2.75) is 160 Å². The summed E-state index contributed by atoms with van der Waals surface area (Å²) in [5.74, 6) is -0.655. The molecule has 1 heterocycles. The monoisotopic (exact) mass is 787 g/mol. The van der Waals surface area contributed by atoms with Crippen LogP contribution in [0.2, 0.25) is 0 Å². The minimum absolute atomic E-state index is 0.0577. The number of phosphoric acid groups is 1. The number of amides is 1. The second-order valence-corrected chi connectivity index (χ2v) is 16.9. The van der Waals surface area contributed by atoms with Crippen molar-refractivity contribution >= 4 is 13.7 Å². The Morgan fingerprint density at radius 1 is 0.889 bits per heavy atom. The van der Waals surface area contributed by atoms with Crippen LogP contribution in [-0.2, 0) is 23.1 Å². The van der Waals surface area contributed by atoms with E-state index in [4.69, 9.17) is 13.8 Å². The van der Waals surface area contributed by atoms with Gasteiger partial charge in [0, 0.05) is 18.8 Å². The highest BCUT2D eigenvalue weighted by atomic mass is 31.2. The molecule has 12 nitrogen and oxygen atoms in total. The predicted molar refractivity (Wildman–Crippen MR) is 213 cm³/mol. The lowest BCUT2D eigenvalue weighted by atomic mass is 9.87. The smallest absolute Gasteiger partial charge is 0.268 e. The predicted octanol–water partition coefficient (Wildman–Crippen LogP) is 5.99. The fraction of sp³-hybridized carbons (Fsp3) is 0.780. The number of hydrogen-bond donors (Lipinski definition) is 5. The van der Waals surface area contributed by atoms with Crippen molar-refractivity contribution in [2.75, 3.05) is 40.9 Å². The Morgan fingerprint density at radius 3 is 2.26 bits per heavy atom. The minimum Gasteiger partial charge on any atom is -0.756 e. The number of nitrogens with zero attached hydrogens (tertiary/aromatic N) is 1. The molecule has 1 amide bonds. The molecule has 13 heteroatoms. The number of quaternary nitrogens is 1. The molecule has 8 atom stereocenters. The Labute approximate surface area is 326 Å². The molecule has 0 saturated carbocycles. The van der Waals surface area contributed by atoms with Crippen LogP contribution in [0, 0.1) is 5.92 Å². The molecule has 1 rings (SSSR count). The summed E-state index contributed by atoms with van der Waals surface area (Å²) in [6.07, 6.45) is 25.0. The number of aliphatic hydroxyl groups is 4. The van der Waals surface area contributed by atoms with Crippen LogP contribution in [0.3, 0.4) is 0 Å². The average Bonchev–Trinajstić information content (AvgIpc) is 3.09. The molecule has 1 aliphatic rings. The summed E-state index contributed by atoms with van der Waals surface area (Å²) in [6.45, 7) is 4.22. The number of nitrogens with one attached hydrogen (secondary N) is 1. The highest BCUT2D eigenvalue weighted by molar-refractivity contribution is 7.45. The van der Waals surface area contributed by atoms with Crippen molar-refractivity contribution in [3.05, 3.63) is 48.6 Å². The van der Waals surface area contributed by atoms with Crippen molar-refractivity contribution in [3.8, 4) is 0 Å². The number of likely N-dealkylation sites (N-methyl/N-ethyl adjacent to an activating group) is 1. The fourth-order valence-electron chi connectivity index (χ4n) is 5.91. The number of ether oxygens (including phenoxy) is 1. The van der Waals surface area contributed by atoms with E-state index in [-0.39, 0.29) is 31.3 Å². The van der Waals surface area contributed by atoms with Gasteiger partial charge in [0.05, 0.1) is 58.2 Å². The SMILES string of the molecule is CCCCCCC/C=C\CC/C=C/[C@@H](O)[C@H](COP(=O)([O-])OCC[N+](C)(C)C)NC(=O)CCC/C=C\C[C@H]1[C@@H](O)CC(O)O[C@@H]1/C=C/[C@@H](O)CCCCC. The molecule has 1 saturated heterocycles. The molecule has 0 aliphatic carbocycles. The topological polar surface area (TPSA) is 178 Å². The number of aliphatic hydroxyl groups excluding tert-OH is 4. The third kappa shape index (κ3) is 26.2. The zero-order valence-electron chi connectivity index (χ0n) is 33.9. The summed E-state index contributed by atoms with van der Waals surface area (Å²) >= 11 is 0. The van der Waals surface area contributed by atoms with Gasteiger partial charge >= 0.3 is 0 Å². The second-order valence-electron chi connectivity index (χ2n) is 15.5. The van der Waals surface area contributed by atoms with Gasteiger partial charge in [-0.2, -0.15) is 0 Å². The lowest BCUT2D eigenvalue weighted by Crippen LogP contribution is -2.45. The van der Waals surface area contributed by atoms with Gasteiger partial charge in [0.1, 0.15) is 13.2 Å². The highest BCUT2D eigenvalue weighted by Crippen LogP contribution is 2.38. The van der Waals surface area contributed by atoms with E-state index >= 15 is 0 Å². The van der Waals surface area contributed by atoms with Crippen molar-refractivity contribution in [1.82, 2.24) is 5.32 Å². The zero-order chi connectivity index (χ0) is 40.2. The van der Waals surface area contributed by atoms with E-state index in [0.717, 1.165) is 32.1 Å². The Balaban J connectivity index is 2.69. The quantitative estimate of drug-likeness (QED) is 0.0243. The van der Waals surface area contributed by atoms with Gasteiger partial charge in [-0.25, -0.2) is 0 Å². The first kappa shape index (κ1) is 50.3. The molecule has 0 aromatic carbocycles. The van der Waals surface area contributed by atoms with Gasteiger partial charge < -0.3 is 48.9 Å². The minimum atomic E-state index is -4.67. The van der Waals surface area contributed by atoms with Crippen LogP contribution in [-0.4, -0.2) is 108 Å². The maximum absolute atomic E-state index is 12.9. The molecule has 5 N–H and O–H groups in total. The van der Waals surface area contributed by atoms with Crippen molar-refractivity contribution in [3.63, 3.8) is 0 Å². The first-order valence-corrected chi connectivity index (χ1v) is 21.9. The van der Waals surface area contributed by atoms with Gasteiger partial charge in [0.15, 0.2) is 6.29 Å². The number of carbonyl (C=O) groups is 1. The van der Waals surface area contributed by atoms with Gasteiger partial charge in [0.2, 0.25) is 5.91 Å². The molecule has 0 bridgehead atoms. The molecule has 0 spiro atoms. The summed E-state index contributed by atoms with van der Waals surface area (Å²) in [6, 6.07) is -1.01. The second kappa shape index (κ2) is 29.5. The van der Waals surface area contributed by atoms with Crippen LogP contribution in [0.4, 0.5) is 0 Å². The van der Waals surface area contributed by atoms with E-state index in [1.54, 1.807) is 18.2 Å². The van der Waals surface area contributed by atoms with E-state index in [1.165, 1.54) is 32.1 Å². The number of rotatable bonds is 31. The van der Waals surface area contributed by atoms with Crippen molar-refractivity contribution in [2.24, 2.45) is 5.92 Å². The highest BCUT2D eigenvalue weighted by Gasteiger charge is 2.35. The number of carbonyl (C=O) groups excluding carboxylic acids is 1. The first-order chi connectivity index (χ1) is 25.7. The summed E-state index contributed by atoms with van der Waals surface area (Å²) in [7, 11) is 1.06. The van der Waals surface area contributed by atoms with E-state index < -0.39 is 51.2 Å². The lowest BCUT2D eigenvalue weighted by molar-refractivity contribution is -0.870. The largest absolute Gasteiger partial charge is 0.756 e. The normalized spacial score (nSPS) is 22.7. The molecule has 54 heavy (non-hydrogen) atoms. The maximum atomic E-state index is 12.9. The Bertz CT molecular complexity index is 1140. The van der Waals surface area contributed by atoms with Gasteiger partial charge in [-0.1, -0.05) is 107 Å². The molecule has 0 radical (unpaired) electrons. The Hall–Kier alpha value is -1.70. The molecule has 314 valence electrons. The third-order valence-corrected chi connectivity index (χ3v) is 10.3. The Morgan fingerprint density at radius 2 is 1.54 bits per heavy atom. The third-order valence-electron chi connectivity index (χ3n) is 9.31. The van der Waals surface area contributed by atoms with Crippen LogP contribution in [0.1, 0.15) is 123 Å². The fourth-order valence-corrected chi connectivity index (χ4v) is 6.63. The van der Waals surface area contributed by atoms with Gasteiger partial charge in [-0.3, -0.25) is 9.36 Å². The molecule has 2 unspecified atom stereocenters. The van der Waals surface area contributed by atoms with Crippen LogP contribution < -0.4 is 10.2 Å². The van der Waals surface area contributed by atoms with Gasteiger partial charge in [-0.15, -0.1) is 0 Å². The number of hydrogen-bond acceptors (Lipinski definition) is 10. The summed E-state index contributed by atoms with van der Waals surface area (Å²) in [5.41, 5.74) is 0. The number of phosphoric ester groups is 1. The molecule has 1 fully saturated rings. The zero-order valence-corrected chi connectivity index (χ0v) is 34.8. The van der Waals surface area contributed by atoms with Crippen LogP contribution >= 0.6 is 7.82 Å². The summed E-state index contributed by atoms with van der Waals surface area (Å²) < 4.78 is 28.7. The van der Waals surface area contributed by atoms with Crippen LogP contribution in [0.25, 0.3) is 0 Å². The molecule has 1 aliphatic heterocycles. The number of allylic oxidation sites excluding steroid dienone is 5. The van der Waals surface area contributed by atoms with Crippen molar-refractivity contribution < 1.29 is 52.9 Å². The van der Waals surface area contributed by atoms with Crippen LogP contribution in [0.5, 0.6) is 0 Å².